The number of nitrogens with two attached hydrogens (primary N) is 1. The Kier molecular flexibility index (Phi) is 6.21. The largest absolute Gasteiger partial charge is 0.397 e. The van der Waals surface area contributed by atoms with Crippen LogP contribution in [0.3, 0.4) is 0 Å². The normalized spacial score (nSPS) is 16.0. The van der Waals surface area contributed by atoms with E-state index in [9.17, 15) is 0 Å². The van der Waals surface area contributed by atoms with Crippen LogP contribution in [0.2, 0.25) is 0 Å². The van der Waals surface area contributed by atoms with Gasteiger partial charge in [0.15, 0.2) is 0 Å². The van der Waals surface area contributed by atoms with Crippen molar-refractivity contribution in [1.82, 2.24) is 9.55 Å². The van der Waals surface area contributed by atoms with Gasteiger partial charge in [0.2, 0.25) is 0 Å². The average molecular weight is 679 g/mol. The second-order valence-corrected chi connectivity index (χ2v) is 14.1. The summed E-state index contributed by atoms with van der Waals surface area (Å²) in [6, 6.07) is 57.2. The van der Waals surface area contributed by atoms with Crippen molar-refractivity contribution in [2.24, 2.45) is 5.73 Å². The van der Waals surface area contributed by atoms with Crippen LogP contribution in [0.25, 0.3) is 54.7 Å². The first-order valence-corrected chi connectivity index (χ1v) is 18.2. The molecular weight excluding hydrogens is 645 g/mol. The monoisotopic (exact) mass is 678 g/mol. The van der Waals surface area contributed by atoms with E-state index in [1.165, 1.54) is 54.5 Å². The van der Waals surface area contributed by atoms with Crippen LogP contribution < -0.4 is 10.6 Å². The number of allylic oxidation sites excluding steroid dienone is 3. The maximum Gasteiger partial charge on any atom is 0.0910 e. The lowest BCUT2D eigenvalue weighted by Gasteiger charge is -2.39. The van der Waals surface area contributed by atoms with Crippen LogP contribution in [-0.2, 0) is 5.41 Å². The van der Waals surface area contributed by atoms with E-state index in [1.807, 2.05) is 6.20 Å². The standard InChI is InChI=1S/C49H34N4/c1-2-14-38-47(50)48-39(23-13-28-51-48)49(38)37-22-12-25-42-45(37)46-43(53(42)34-19-7-4-8-20-34)27-26-32-29-35(30-40(49)44(32)46)52(33-17-5-3-6-18-33)41-24-11-16-31-15-9-10-21-36(31)41/h2-30H,50H2,1H3/b14-2-. The number of para-hydroxylation sites is 2. The van der Waals surface area contributed by atoms with E-state index in [0.29, 0.717) is 0 Å². The summed E-state index contributed by atoms with van der Waals surface area (Å²) < 4.78 is 2.43. The van der Waals surface area contributed by atoms with E-state index < -0.39 is 5.41 Å². The van der Waals surface area contributed by atoms with Gasteiger partial charge in [0.05, 0.1) is 33.5 Å². The van der Waals surface area contributed by atoms with Crippen LogP contribution in [0.1, 0.15) is 29.3 Å². The Labute approximate surface area is 307 Å². The fraction of sp³-hybridized carbons (Fsp3) is 0.0408. The Morgan fingerprint density at radius 3 is 2.19 bits per heavy atom. The highest BCUT2D eigenvalue weighted by Crippen LogP contribution is 2.61. The second kappa shape index (κ2) is 11.0. The summed E-state index contributed by atoms with van der Waals surface area (Å²) >= 11 is 0. The molecule has 0 fully saturated rings. The summed E-state index contributed by atoms with van der Waals surface area (Å²) in [5, 5.41) is 7.37. The first-order valence-electron chi connectivity index (χ1n) is 18.2. The van der Waals surface area contributed by atoms with E-state index in [2.05, 4.69) is 186 Å². The topological polar surface area (TPSA) is 47.1 Å². The van der Waals surface area contributed by atoms with Gasteiger partial charge >= 0.3 is 0 Å². The van der Waals surface area contributed by atoms with Crippen molar-refractivity contribution >= 4 is 66.1 Å². The predicted molar refractivity (Wildman–Crippen MR) is 221 cm³/mol. The molecule has 4 heteroatoms. The lowest BCUT2D eigenvalue weighted by Crippen LogP contribution is -2.32. The van der Waals surface area contributed by atoms with Crippen molar-refractivity contribution in [2.75, 3.05) is 4.90 Å². The van der Waals surface area contributed by atoms with Crippen molar-refractivity contribution in [2.45, 2.75) is 12.3 Å². The zero-order valence-electron chi connectivity index (χ0n) is 29.2. The fourth-order valence-electron chi connectivity index (χ4n) is 9.50. The maximum atomic E-state index is 7.24. The average Bonchev–Trinajstić information content (AvgIpc) is 3.68. The molecule has 250 valence electrons. The zero-order chi connectivity index (χ0) is 35.3. The number of rotatable bonds is 5. The third-order valence-electron chi connectivity index (χ3n) is 11.5. The van der Waals surface area contributed by atoms with Crippen LogP contribution in [0.15, 0.2) is 182 Å². The highest BCUT2D eigenvalue weighted by molar-refractivity contribution is 6.27. The van der Waals surface area contributed by atoms with Crippen LogP contribution in [-0.4, -0.2) is 9.55 Å². The summed E-state index contributed by atoms with van der Waals surface area (Å²) in [6.07, 6.45) is 6.20. The lowest BCUT2D eigenvalue weighted by atomic mass is 9.62. The summed E-state index contributed by atoms with van der Waals surface area (Å²) in [4.78, 5) is 7.38. The molecule has 0 aliphatic heterocycles. The van der Waals surface area contributed by atoms with E-state index in [1.54, 1.807) is 0 Å². The van der Waals surface area contributed by atoms with Crippen molar-refractivity contribution < 1.29 is 0 Å². The van der Waals surface area contributed by atoms with Gasteiger partial charge in [-0.2, -0.15) is 0 Å². The minimum absolute atomic E-state index is 0.709. The fourth-order valence-corrected chi connectivity index (χ4v) is 9.50. The number of anilines is 3. The molecule has 2 N–H and O–H groups in total. The molecule has 4 nitrogen and oxygen atoms in total. The molecule has 1 spiro atoms. The van der Waals surface area contributed by atoms with E-state index in [4.69, 9.17) is 10.7 Å². The molecule has 1 atom stereocenters. The van der Waals surface area contributed by atoms with Gasteiger partial charge in [-0.05, 0) is 106 Å². The molecule has 9 aromatic rings. The lowest BCUT2D eigenvalue weighted by molar-refractivity contribution is 0.771. The summed E-state index contributed by atoms with van der Waals surface area (Å²) in [6.45, 7) is 2.08. The minimum atomic E-state index is -0.709. The molecule has 2 aliphatic carbocycles. The maximum absolute atomic E-state index is 7.24. The van der Waals surface area contributed by atoms with Crippen molar-refractivity contribution in [3.63, 3.8) is 0 Å². The van der Waals surface area contributed by atoms with Gasteiger partial charge in [0.25, 0.3) is 0 Å². The number of nitrogens with zero attached hydrogens (tertiary/aromatic N) is 3. The SMILES string of the molecule is C/C=C\C1=C(N)c2ncccc2C12c1cc(N(c3ccccc3)c3cccc4ccccc34)cc3ccc4c(c13)c1c2cccc1n4-c1ccccc1. The summed E-state index contributed by atoms with van der Waals surface area (Å²) in [5.41, 5.74) is 19.5. The molecule has 11 rings (SSSR count). The molecule has 1 unspecified atom stereocenters. The van der Waals surface area contributed by atoms with Crippen LogP contribution in [0, 0.1) is 0 Å². The first kappa shape index (κ1) is 29.8. The van der Waals surface area contributed by atoms with Crippen LogP contribution in [0.5, 0.6) is 0 Å². The van der Waals surface area contributed by atoms with E-state index in [-0.39, 0.29) is 0 Å². The molecule has 0 radical (unpaired) electrons. The Bertz CT molecular complexity index is 3020. The molecule has 2 heterocycles. The smallest absolute Gasteiger partial charge is 0.0910 e. The van der Waals surface area contributed by atoms with Gasteiger partial charge in [0.1, 0.15) is 0 Å². The number of hydrogen-bond donors (Lipinski definition) is 1. The van der Waals surface area contributed by atoms with Crippen LogP contribution >= 0.6 is 0 Å². The molecule has 2 aliphatic rings. The third-order valence-corrected chi connectivity index (χ3v) is 11.5. The highest BCUT2D eigenvalue weighted by Gasteiger charge is 2.51. The van der Waals surface area contributed by atoms with Gasteiger partial charge < -0.3 is 15.2 Å². The number of pyridine rings is 1. The molecule has 53 heavy (non-hydrogen) atoms. The number of benzene rings is 7. The van der Waals surface area contributed by atoms with Crippen molar-refractivity contribution in [3.05, 3.63) is 204 Å². The molecule has 7 aromatic carbocycles. The quantitative estimate of drug-likeness (QED) is 0.197. The number of fused-ring (bicyclic) bond motifs is 5. The Hall–Kier alpha value is -6.91. The summed E-state index contributed by atoms with van der Waals surface area (Å²) in [7, 11) is 0. The van der Waals surface area contributed by atoms with E-state index >= 15 is 0 Å². The van der Waals surface area contributed by atoms with Gasteiger partial charge in [-0.15, -0.1) is 0 Å². The molecule has 0 amide bonds. The number of hydrogen-bond acceptors (Lipinski definition) is 3. The number of aromatic nitrogens is 2. The Morgan fingerprint density at radius 2 is 1.34 bits per heavy atom. The first-order chi connectivity index (χ1) is 26.2. The van der Waals surface area contributed by atoms with Gasteiger partial charge in [-0.3, -0.25) is 4.98 Å². The van der Waals surface area contributed by atoms with Gasteiger partial charge in [0, 0.05) is 39.4 Å². The Morgan fingerprint density at radius 1 is 0.604 bits per heavy atom. The Balaban J connectivity index is 1.35. The zero-order valence-corrected chi connectivity index (χ0v) is 29.2. The highest BCUT2D eigenvalue weighted by atomic mass is 15.1. The molecule has 0 saturated carbocycles. The molecule has 0 bridgehead atoms. The van der Waals surface area contributed by atoms with Crippen LogP contribution in [0.4, 0.5) is 17.1 Å². The minimum Gasteiger partial charge on any atom is -0.397 e. The van der Waals surface area contributed by atoms with Gasteiger partial charge in [-0.25, -0.2) is 0 Å². The molecular formula is C49H34N4. The third kappa shape index (κ3) is 3.87. The predicted octanol–water partition coefficient (Wildman–Crippen LogP) is 11.9. The van der Waals surface area contributed by atoms with Crippen molar-refractivity contribution in [1.29, 1.82) is 0 Å². The van der Waals surface area contributed by atoms with E-state index in [0.717, 1.165) is 45.3 Å². The molecule has 0 saturated heterocycles. The second-order valence-electron chi connectivity index (χ2n) is 14.1. The molecule has 2 aromatic heterocycles. The van der Waals surface area contributed by atoms with Gasteiger partial charge in [-0.1, -0.05) is 109 Å². The summed E-state index contributed by atoms with van der Waals surface area (Å²) in [5.74, 6) is 0. The van der Waals surface area contributed by atoms with Crippen molar-refractivity contribution in [3.8, 4) is 5.69 Å².